The molecule has 1 saturated heterocycles. The molecule has 31 heavy (non-hydrogen) atoms. The molecule has 1 aliphatic heterocycles. The van der Waals surface area contributed by atoms with Crippen molar-refractivity contribution in [2.75, 3.05) is 13.1 Å². The van der Waals surface area contributed by atoms with Crippen LogP contribution in [0.2, 0.25) is 10.0 Å². The fraction of sp³-hybridized carbons (Fsp3) is 0.280. The lowest BCUT2D eigenvalue weighted by atomic mass is 9.90. The van der Waals surface area contributed by atoms with Crippen LogP contribution in [0, 0.1) is 11.3 Å². The van der Waals surface area contributed by atoms with E-state index in [1.165, 1.54) is 6.42 Å². The molecule has 1 fully saturated rings. The van der Waals surface area contributed by atoms with Gasteiger partial charge < -0.3 is 5.11 Å². The molecule has 3 aromatic rings. The normalized spacial score (nSPS) is 16.5. The summed E-state index contributed by atoms with van der Waals surface area (Å²) >= 11 is 12.5. The predicted molar refractivity (Wildman–Crippen MR) is 124 cm³/mol. The summed E-state index contributed by atoms with van der Waals surface area (Å²) in [5.41, 5.74) is 3.73. The number of pyridine rings is 1. The quantitative estimate of drug-likeness (QED) is 0.502. The highest BCUT2D eigenvalue weighted by Crippen LogP contribution is 2.39. The van der Waals surface area contributed by atoms with E-state index in [-0.39, 0.29) is 6.04 Å². The Morgan fingerprint density at radius 2 is 1.65 bits per heavy atom. The molecule has 0 aliphatic carbocycles. The minimum absolute atomic E-state index is 0.245. The second-order valence-corrected chi connectivity index (χ2v) is 8.69. The molecule has 0 amide bonds. The first-order valence-electron chi connectivity index (χ1n) is 10.4. The number of nitriles is 1. The largest absolute Gasteiger partial charge is 0.386 e. The summed E-state index contributed by atoms with van der Waals surface area (Å²) in [5.74, 6) is 0. The summed E-state index contributed by atoms with van der Waals surface area (Å²) in [6.45, 7) is 1.83. The van der Waals surface area contributed by atoms with Crippen molar-refractivity contribution >= 4 is 23.2 Å². The SMILES string of the molecule is N#Cc1ccc(C(C(O)c2cccnc2-c2cc(Cl)cc(Cl)c2)N2CCCCC2)cc1. The van der Waals surface area contributed by atoms with Gasteiger partial charge >= 0.3 is 0 Å². The number of likely N-dealkylation sites (tertiary alicyclic amines) is 1. The average Bonchev–Trinajstić information content (AvgIpc) is 2.80. The fourth-order valence-corrected chi connectivity index (χ4v) is 4.83. The van der Waals surface area contributed by atoms with E-state index in [0.29, 0.717) is 21.3 Å². The molecule has 1 N–H and O–H groups in total. The van der Waals surface area contributed by atoms with Crippen LogP contribution in [0.3, 0.4) is 0 Å². The second kappa shape index (κ2) is 9.80. The fourth-order valence-electron chi connectivity index (χ4n) is 4.30. The second-order valence-electron chi connectivity index (χ2n) is 7.82. The van der Waals surface area contributed by atoms with Crippen LogP contribution in [0.1, 0.15) is 48.1 Å². The Morgan fingerprint density at radius 3 is 2.29 bits per heavy atom. The van der Waals surface area contributed by atoms with Crippen LogP contribution < -0.4 is 0 Å². The molecule has 6 heteroatoms. The van der Waals surface area contributed by atoms with Crippen LogP contribution in [0.25, 0.3) is 11.3 Å². The van der Waals surface area contributed by atoms with Crippen molar-refractivity contribution in [2.24, 2.45) is 0 Å². The van der Waals surface area contributed by atoms with Gasteiger partial charge in [0.05, 0.1) is 23.4 Å². The van der Waals surface area contributed by atoms with Crippen molar-refractivity contribution in [3.63, 3.8) is 0 Å². The van der Waals surface area contributed by atoms with Crippen molar-refractivity contribution < 1.29 is 5.11 Å². The zero-order valence-corrected chi connectivity index (χ0v) is 18.5. The number of hydrogen-bond acceptors (Lipinski definition) is 4. The van der Waals surface area contributed by atoms with Crippen LogP contribution in [-0.2, 0) is 0 Å². The molecule has 2 heterocycles. The summed E-state index contributed by atoms with van der Waals surface area (Å²) in [4.78, 5) is 6.89. The third-order valence-electron chi connectivity index (χ3n) is 5.76. The van der Waals surface area contributed by atoms with Crippen molar-refractivity contribution in [2.45, 2.75) is 31.4 Å². The van der Waals surface area contributed by atoms with Gasteiger partial charge in [0.15, 0.2) is 0 Å². The number of nitrogens with zero attached hydrogens (tertiary/aromatic N) is 3. The van der Waals surface area contributed by atoms with E-state index in [9.17, 15) is 10.4 Å². The van der Waals surface area contributed by atoms with Crippen molar-refractivity contribution in [3.05, 3.63) is 87.5 Å². The Hall–Kier alpha value is -2.42. The van der Waals surface area contributed by atoms with Gasteiger partial charge in [-0.2, -0.15) is 5.26 Å². The van der Waals surface area contributed by atoms with Gasteiger partial charge in [0.25, 0.3) is 0 Å². The number of hydrogen-bond donors (Lipinski definition) is 1. The third-order valence-corrected chi connectivity index (χ3v) is 6.19. The summed E-state index contributed by atoms with van der Waals surface area (Å²) in [5, 5.41) is 21.9. The molecular formula is C25H23Cl2N3O. The Labute approximate surface area is 192 Å². The molecular weight excluding hydrogens is 429 g/mol. The number of halogens is 2. The number of benzene rings is 2. The zero-order chi connectivity index (χ0) is 21.8. The Balaban J connectivity index is 1.78. The molecule has 158 valence electrons. The summed E-state index contributed by atoms with van der Waals surface area (Å²) in [7, 11) is 0. The summed E-state index contributed by atoms with van der Waals surface area (Å²) in [6.07, 6.45) is 4.30. The molecule has 0 saturated carbocycles. The van der Waals surface area contributed by atoms with E-state index in [4.69, 9.17) is 23.2 Å². The van der Waals surface area contributed by atoms with Gasteiger partial charge in [-0.3, -0.25) is 9.88 Å². The van der Waals surface area contributed by atoms with Crippen LogP contribution in [-0.4, -0.2) is 28.1 Å². The molecule has 0 spiro atoms. The van der Waals surface area contributed by atoms with Crippen LogP contribution >= 0.6 is 23.2 Å². The number of aromatic nitrogens is 1. The maximum absolute atomic E-state index is 11.7. The van der Waals surface area contributed by atoms with E-state index in [1.807, 2.05) is 36.4 Å². The molecule has 2 atom stereocenters. The molecule has 1 aromatic heterocycles. The van der Waals surface area contributed by atoms with E-state index in [0.717, 1.165) is 42.6 Å². The van der Waals surface area contributed by atoms with Crippen LogP contribution in [0.5, 0.6) is 0 Å². The minimum Gasteiger partial charge on any atom is -0.386 e. The maximum atomic E-state index is 11.7. The van der Waals surface area contributed by atoms with Crippen molar-refractivity contribution in [1.29, 1.82) is 5.26 Å². The van der Waals surface area contributed by atoms with E-state index < -0.39 is 6.10 Å². The highest BCUT2D eigenvalue weighted by molar-refractivity contribution is 6.35. The topological polar surface area (TPSA) is 60.1 Å². The molecule has 4 rings (SSSR count). The molecule has 2 unspecified atom stereocenters. The lowest BCUT2D eigenvalue weighted by molar-refractivity contribution is 0.0364. The molecule has 1 aliphatic rings. The van der Waals surface area contributed by atoms with Gasteiger partial charge in [0.2, 0.25) is 0 Å². The number of aliphatic hydroxyl groups is 1. The van der Waals surface area contributed by atoms with Gasteiger partial charge in [-0.15, -0.1) is 0 Å². The van der Waals surface area contributed by atoms with Crippen LogP contribution in [0.15, 0.2) is 60.8 Å². The molecule has 0 bridgehead atoms. The van der Waals surface area contributed by atoms with Gasteiger partial charge in [0.1, 0.15) is 6.10 Å². The highest BCUT2D eigenvalue weighted by Gasteiger charge is 2.31. The standard InChI is InChI=1S/C25H23Cl2N3O/c26-20-13-19(14-21(27)15-20)23-22(5-4-10-29-23)25(31)24(30-11-2-1-3-12-30)18-8-6-17(16-28)7-9-18/h4-10,13-15,24-25,31H,1-3,11-12H2. The number of aliphatic hydroxyl groups excluding tert-OH is 1. The van der Waals surface area contributed by atoms with Gasteiger partial charge in [-0.05, 0) is 67.9 Å². The first-order valence-corrected chi connectivity index (χ1v) is 11.2. The lowest BCUT2D eigenvalue weighted by Crippen LogP contribution is -2.37. The minimum atomic E-state index is -0.813. The highest BCUT2D eigenvalue weighted by atomic mass is 35.5. The van der Waals surface area contributed by atoms with Gasteiger partial charge in [0, 0.05) is 27.4 Å². The van der Waals surface area contributed by atoms with Gasteiger partial charge in [-0.25, -0.2) is 0 Å². The summed E-state index contributed by atoms with van der Waals surface area (Å²) < 4.78 is 0. The van der Waals surface area contributed by atoms with E-state index >= 15 is 0 Å². The average molecular weight is 452 g/mol. The van der Waals surface area contributed by atoms with Crippen molar-refractivity contribution in [1.82, 2.24) is 9.88 Å². The first-order chi connectivity index (χ1) is 15.1. The first kappa shape index (κ1) is 21.8. The van der Waals surface area contributed by atoms with Crippen LogP contribution in [0.4, 0.5) is 0 Å². The Kier molecular flexibility index (Phi) is 6.89. The van der Waals surface area contributed by atoms with E-state index in [2.05, 4.69) is 16.0 Å². The lowest BCUT2D eigenvalue weighted by Gasteiger charge is -2.38. The molecule has 0 radical (unpaired) electrons. The Bertz CT molecular complexity index is 1070. The summed E-state index contributed by atoms with van der Waals surface area (Å²) in [6, 6.07) is 18.4. The smallest absolute Gasteiger partial charge is 0.101 e. The monoisotopic (exact) mass is 451 g/mol. The molecule has 2 aromatic carbocycles. The molecule has 4 nitrogen and oxygen atoms in total. The maximum Gasteiger partial charge on any atom is 0.101 e. The number of rotatable bonds is 5. The predicted octanol–water partition coefficient (Wildman–Crippen LogP) is 6.19. The van der Waals surface area contributed by atoms with E-state index in [1.54, 1.807) is 24.4 Å². The van der Waals surface area contributed by atoms with Gasteiger partial charge in [-0.1, -0.05) is 47.8 Å². The zero-order valence-electron chi connectivity index (χ0n) is 17.0. The Morgan fingerprint density at radius 1 is 0.968 bits per heavy atom. The third kappa shape index (κ3) is 4.92. The number of piperidine rings is 1. The van der Waals surface area contributed by atoms with Crippen molar-refractivity contribution in [3.8, 4) is 17.3 Å².